The second-order valence-corrected chi connectivity index (χ2v) is 14.0. The molecule has 5 fully saturated rings. The number of aliphatic imine (C=N–C) groups is 1. The number of methoxy groups -OCH3 is 1. The van der Waals surface area contributed by atoms with Crippen molar-refractivity contribution in [2.75, 3.05) is 20.3 Å². The molecule has 0 unspecified atom stereocenters. The molecule has 2 heterocycles. The van der Waals surface area contributed by atoms with Gasteiger partial charge in [-0.1, -0.05) is 6.92 Å². The number of rotatable bonds is 6. The van der Waals surface area contributed by atoms with Crippen LogP contribution in [0.2, 0.25) is 0 Å². The van der Waals surface area contributed by atoms with Gasteiger partial charge in [-0.2, -0.15) is 5.26 Å². The number of fused-ring (bicyclic) bond motifs is 5. The monoisotopic (exact) mass is 586 g/mol. The number of hydrogen-bond acceptors (Lipinski definition) is 10. The lowest BCUT2D eigenvalue weighted by molar-refractivity contribution is -0.284. The zero-order valence-electron chi connectivity index (χ0n) is 25.0. The first kappa shape index (κ1) is 30.2. The number of carbonyl (C=O) groups excluding carboxylic acids is 1. The zero-order valence-corrected chi connectivity index (χ0v) is 25.0. The van der Waals surface area contributed by atoms with Crippen LogP contribution in [0.25, 0.3) is 0 Å². The first-order valence-electron chi connectivity index (χ1n) is 15.7. The quantitative estimate of drug-likeness (QED) is 0.185. The molecule has 232 valence electrons. The fourth-order valence-electron chi connectivity index (χ4n) is 10.3. The van der Waals surface area contributed by atoms with Crippen LogP contribution in [-0.4, -0.2) is 89.7 Å². The smallest absolute Gasteiger partial charge is 0.331 e. The number of aliphatic hydroxyl groups excluding tert-OH is 1. The van der Waals surface area contributed by atoms with E-state index in [1.165, 1.54) is 0 Å². The van der Waals surface area contributed by atoms with Crippen LogP contribution in [0.5, 0.6) is 0 Å². The van der Waals surface area contributed by atoms with Crippen LogP contribution in [0, 0.1) is 39.9 Å². The molecule has 0 radical (unpaired) electrons. The van der Waals surface area contributed by atoms with Crippen molar-refractivity contribution in [1.82, 2.24) is 0 Å². The Hall–Kier alpha value is -1.87. The summed E-state index contributed by atoms with van der Waals surface area (Å²) in [5.41, 5.74) is -2.10. The highest BCUT2D eigenvalue weighted by atomic mass is 16.7. The van der Waals surface area contributed by atoms with Gasteiger partial charge in [0.05, 0.1) is 35.6 Å². The molecular weight excluding hydrogens is 540 g/mol. The predicted octanol–water partition coefficient (Wildman–Crippen LogP) is 2.83. The van der Waals surface area contributed by atoms with Gasteiger partial charge in [-0.25, -0.2) is 4.79 Å². The van der Waals surface area contributed by atoms with Gasteiger partial charge in [0.1, 0.15) is 19.3 Å². The highest BCUT2D eigenvalue weighted by molar-refractivity contribution is 5.85. The van der Waals surface area contributed by atoms with Crippen LogP contribution in [-0.2, 0) is 23.7 Å². The number of ether oxygens (including phenoxy) is 4. The molecule has 0 spiro atoms. The lowest BCUT2D eigenvalue weighted by atomic mass is 9.41. The average Bonchev–Trinajstić information content (AvgIpc) is 3.50. The van der Waals surface area contributed by atoms with Gasteiger partial charge in [0, 0.05) is 43.1 Å². The van der Waals surface area contributed by atoms with E-state index < -0.39 is 35.1 Å². The van der Waals surface area contributed by atoms with Gasteiger partial charge in [0.2, 0.25) is 0 Å². The number of aliphatic hydroxyl groups is 3. The normalized spacial score (nSPS) is 50.4. The van der Waals surface area contributed by atoms with Crippen molar-refractivity contribution < 1.29 is 39.1 Å². The molecule has 0 bridgehead atoms. The van der Waals surface area contributed by atoms with Gasteiger partial charge in [-0.05, 0) is 81.6 Å². The highest BCUT2D eigenvalue weighted by Gasteiger charge is 2.71. The third kappa shape index (κ3) is 4.50. The lowest BCUT2D eigenvalue weighted by Gasteiger charge is -2.66. The van der Waals surface area contributed by atoms with E-state index in [0.717, 1.165) is 24.8 Å². The molecule has 12 atom stereocenters. The van der Waals surface area contributed by atoms with Crippen molar-refractivity contribution >= 4 is 12.2 Å². The van der Waals surface area contributed by atoms with Crippen molar-refractivity contribution in [3.63, 3.8) is 0 Å². The average molecular weight is 587 g/mol. The summed E-state index contributed by atoms with van der Waals surface area (Å²) in [6.07, 6.45) is 7.57. The van der Waals surface area contributed by atoms with Crippen LogP contribution < -0.4 is 0 Å². The van der Waals surface area contributed by atoms with Crippen LogP contribution in [0.4, 0.5) is 0 Å². The lowest BCUT2D eigenvalue weighted by Crippen LogP contribution is -2.69. The van der Waals surface area contributed by atoms with E-state index in [2.05, 4.69) is 18.0 Å². The van der Waals surface area contributed by atoms with E-state index in [9.17, 15) is 25.4 Å². The molecule has 0 aromatic carbocycles. The minimum atomic E-state index is -1.10. The molecule has 4 saturated carbocycles. The molecule has 6 rings (SSSR count). The maximum absolute atomic E-state index is 12.6. The maximum Gasteiger partial charge on any atom is 0.331 e. The van der Waals surface area contributed by atoms with Crippen molar-refractivity contribution in [2.24, 2.45) is 33.6 Å². The summed E-state index contributed by atoms with van der Waals surface area (Å²) in [5, 5.41) is 44.7. The van der Waals surface area contributed by atoms with Crippen LogP contribution in [0.15, 0.2) is 16.6 Å². The Morgan fingerprint density at radius 1 is 1.17 bits per heavy atom. The summed E-state index contributed by atoms with van der Waals surface area (Å²) >= 11 is 0. The van der Waals surface area contributed by atoms with Crippen LogP contribution in [0.3, 0.4) is 0 Å². The van der Waals surface area contributed by atoms with Gasteiger partial charge in [-0.15, -0.1) is 0 Å². The number of esters is 1. The van der Waals surface area contributed by atoms with Crippen molar-refractivity contribution in [3.8, 4) is 6.07 Å². The van der Waals surface area contributed by atoms with E-state index >= 15 is 0 Å². The second-order valence-electron chi connectivity index (χ2n) is 14.0. The Morgan fingerprint density at radius 3 is 2.67 bits per heavy atom. The SMILES string of the molecule is CO[C@@H]1C[C@H](O[C@H]2CC[C@]3(C=NCC#N)[C@H]4CC[C@]5(C)[C@@H](C6=CC(=O)OC6)CC[C@]5(O)[C@@H]4CC[C@]3(O)C2)O[C@H](C)[C@@H]1O. The predicted molar refractivity (Wildman–Crippen MR) is 151 cm³/mol. The molecule has 1 saturated heterocycles. The van der Waals surface area contributed by atoms with E-state index in [0.29, 0.717) is 51.6 Å². The summed E-state index contributed by atoms with van der Waals surface area (Å²) in [6, 6.07) is 2.11. The molecule has 10 nitrogen and oxygen atoms in total. The fourth-order valence-corrected chi connectivity index (χ4v) is 10.3. The van der Waals surface area contributed by atoms with Crippen LogP contribution >= 0.6 is 0 Å². The molecule has 4 aliphatic carbocycles. The number of nitrogens with zero attached hydrogens (tertiary/aromatic N) is 2. The first-order valence-corrected chi connectivity index (χ1v) is 15.7. The molecule has 3 N–H and O–H groups in total. The van der Waals surface area contributed by atoms with Crippen LogP contribution in [0.1, 0.15) is 78.1 Å². The van der Waals surface area contributed by atoms with Crippen molar-refractivity contribution in [1.29, 1.82) is 5.26 Å². The minimum absolute atomic E-state index is 0.00544. The van der Waals surface area contributed by atoms with Gasteiger partial charge in [0.25, 0.3) is 0 Å². The molecule has 2 aliphatic heterocycles. The third-order valence-corrected chi connectivity index (χ3v) is 12.4. The third-order valence-electron chi connectivity index (χ3n) is 12.4. The number of nitriles is 1. The summed E-state index contributed by atoms with van der Waals surface area (Å²) < 4.78 is 23.1. The molecule has 10 heteroatoms. The fraction of sp³-hybridized carbons (Fsp3) is 0.844. The van der Waals surface area contributed by atoms with Gasteiger partial charge in [0.15, 0.2) is 6.29 Å². The molecule has 42 heavy (non-hydrogen) atoms. The van der Waals surface area contributed by atoms with E-state index in [4.69, 9.17) is 18.9 Å². The van der Waals surface area contributed by atoms with E-state index in [1.54, 1.807) is 13.2 Å². The summed E-state index contributed by atoms with van der Waals surface area (Å²) in [6.45, 7) is 4.32. The van der Waals surface area contributed by atoms with Gasteiger partial charge < -0.3 is 34.3 Å². The largest absolute Gasteiger partial charge is 0.458 e. The van der Waals surface area contributed by atoms with Crippen molar-refractivity contribution in [3.05, 3.63) is 11.6 Å². The Balaban J connectivity index is 1.26. The Kier molecular flexibility index (Phi) is 7.85. The molecule has 6 aliphatic rings. The minimum Gasteiger partial charge on any atom is -0.458 e. The summed E-state index contributed by atoms with van der Waals surface area (Å²) in [4.78, 5) is 16.4. The maximum atomic E-state index is 12.6. The Morgan fingerprint density at radius 2 is 1.95 bits per heavy atom. The molecule has 0 aromatic rings. The number of hydrogen-bond donors (Lipinski definition) is 3. The van der Waals surface area contributed by atoms with Crippen molar-refractivity contribution in [2.45, 2.75) is 120 Å². The number of carbonyl (C=O) groups is 1. The van der Waals surface area contributed by atoms with Gasteiger partial charge >= 0.3 is 5.97 Å². The Bertz CT molecular complexity index is 1170. The summed E-state index contributed by atoms with van der Waals surface area (Å²) in [5.74, 6) is -0.229. The van der Waals surface area contributed by atoms with E-state index in [-0.39, 0.29) is 47.9 Å². The first-order chi connectivity index (χ1) is 20.0. The Labute approximate surface area is 248 Å². The molecule has 0 amide bonds. The molecular formula is C32H46N2O8. The standard InChI is InChI=1S/C32H46N2O8/c1-19-28(36)25(39-3)15-27(41-19)42-21-4-9-30(18-34-13-12-33)23-5-8-29(2)22(20-14-26(35)40-17-20)7-11-32(29,38)24(23)6-10-31(30,37)16-21/h14,18-19,21-25,27-28,36-38H,4-11,13,15-17H2,1-3H3/t19-,21+,22-,23+,24-,25-,27+,28+,29-,30+,31+,32+/m1/s1. The summed E-state index contributed by atoms with van der Waals surface area (Å²) in [7, 11) is 1.58. The number of cyclic esters (lactones) is 1. The van der Waals surface area contributed by atoms with E-state index in [1.807, 2.05) is 13.1 Å². The van der Waals surface area contributed by atoms with Gasteiger partial charge in [-0.3, -0.25) is 4.99 Å². The zero-order chi connectivity index (χ0) is 29.9. The topological polar surface area (TPSA) is 151 Å². The molecule has 0 aromatic heterocycles. The highest BCUT2D eigenvalue weighted by Crippen LogP contribution is 2.70. The second kappa shape index (κ2) is 10.9.